The zero-order valence-electron chi connectivity index (χ0n) is 16.7. The van der Waals surface area contributed by atoms with Crippen LogP contribution in [0, 0.1) is 0 Å². The number of rotatable bonds is 3. The summed E-state index contributed by atoms with van der Waals surface area (Å²) < 4.78 is 11.3. The molecule has 0 atom stereocenters. The van der Waals surface area contributed by atoms with Crippen LogP contribution in [0.15, 0.2) is 28.7 Å². The Morgan fingerprint density at radius 1 is 1.21 bits per heavy atom. The van der Waals surface area contributed by atoms with Gasteiger partial charge in [-0.2, -0.15) is 0 Å². The Balaban J connectivity index is 1.61. The fourth-order valence-electron chi connectivity index (χ4n) is 3.06. The molecule has 0 radical (unpaired) electrons. The van der Waals surface area contributed by atoms with E-state index in [1.807, 2.05) is 45.0 Å². The summed E-state index contributed by atoms with van der Waals surface area (Å²) in [6.45, 7) is 6.85. The van der Waals surface area contributed by atoms with Crippen molar-refractivity contribution in [2.75, 3.05) is 20.1 Å². The Morgan fingerprint density at radius 3 is 2.43 bits per heavy atom. The third-order valence-electron chi connectivity index (χ3n) is 4.56. The molecule has 1 aromatic carbocycles. The van der Waals surface area contributed by atoms with Gasteiger partial charge >= 0.3 is 6.09 Å². The number of hydrogen-bond acceptors (Lipinski definition) is 6. The van der Waals surface area contributed by atoms with Crippen molar-refractivity contribution >= 4 is 23.3 Å². The molecule has 2 aromatic rings. The fraction of sp³-hybridized carbons (Fsp3) is 0.500. The van der Waals surface area contributed by atoms with Crippen LogP contribution in [0.25, 0.3) is 11.5 Å². The highest BCUT2D eigenvalue weighted by Gasteiger charge is 2.30. The number of nitrogens with zero attached hydrogens (tertiary/aromatic N) is 3. The van der Waals surface area contributed by atoms with Gasteiger partial charge in [-0.05, 0) is 45.7 Å². The van der Waals surface area contributed by atoms with E-state index in [0.29, 0.717) is 29.9 Å². The molecule has 1 N–H and O–H groups in total. The maximum Gasteiger partial charge on any atom is 0.410 e. The van der Waals surface area contributed by atoms with E-state index in [1.54, 1.807) is 11.9 Å². The minimum atomic E-state index is -0.484. The van der Waals surface area contributed by atoms with Crippen LogP contribution in [0.3, 0.4) is 0 Å². The zero-order chi connectivity index (χ0) is 20.3. The van der Waals surface area contributed by atoms with E-state index in [0.717, 1.165) is 24.0 Å². The van der Waals surface area contributed by atoms with Gasteiger partial charge in [-0.1, -0.05) is 24.4 Å². The minimum absolute atomic E-state index is 0.149. The third kappa shape index (κ3) is 4.86. The highest BCUT2D eigenvalue weighted by Crippen LogP contribution is 2.30. The Morgan fingerprint density at radius 2 is 1.86 bits per heavy atom. The van der Waals surface area contributed by atoms with Gasteiger partial charge in [0.2, 0.25) is 11.8 Å². The number of ether oxygens (including phenoxy) is 1. The van der Waals surface area contributed by atoms with E-state index in [2.05, 4.69) is 15.5 Å². The van der Waals surface area contributed by atoms with Crippen LogP contribution in [-0.2, 0) is 4.74 Å². The van der Waals surface area contributed by atoms with Crippen LogP contribution in [0.1, 0.15) is 51.0 Å². The van der Waals surface area contributed by atoms with Gasteiger partial charge < -0.3 is 19.4 Å². The molecular weight excluding hydrogens is 376 g/mol. The molecule has 1 fully saturated rings. The highest BCUT2D eigenvalue weighted by molar-refractivity contribution is 7.80. The summed E-state index contributed by atoms with van der Waals surface area (Å²) in [5.74, 6) is 1.26. The molecule has 2 heterocycles. The van der Waals surface area contributed by atoms with Crippen molar-refractivity contribution in [1.82, 2.24) is 20.4 Å². The fourth-order valence-corrected chi connectivity index (χ4v) is 3.20. The Hall–Kier alpha value is -2.48. The molecule has 0 unspecified atom stereocenters. The molecule has 0 bridgehead atoms. The van der Waals surface area contributed by atoms with Crippen molar-refractivity contribution in [3.05, 3.63) is 35.7 Å². The van der Waals surface area contributed by atoms with Gasteiger partial charge in [0.25, 0.3) is 0 Å². The number of thiocarbonyl (C=S) groups is 1. The van der Waals surface area contributed by atoms with Crippen molar-refractivity contribution in [2.45, 2.75) is 45.1 Å². The number of hydrogen-bond donors (Lipinski definition) is 1. The summed E-state index contributed by atoms with van der Waals surface area (Å²) in [5.41, 5.74) is 1.31. The van der Waals surface area contributed by atoms with Crippen molar-refractivity contribution in [2.24, 2.45) is 0 Å². The highest BCUT2D eigenvalue weighted by atomic mass is 32.1. The Kier molecular flexibility index (Phi) is 5.98. The molecule has 7 nitrogen and oxygen atoms in total. The number of carbonyl (C=O) groups excluding carboxylic acids is 1. The monoisotopic (exact) mass is 402 g/mol. The maximum absolute atomic E-state index is 12.2. The van der Waals surface area contributed by atoms with Crippen LogP contribution in [0.4, 0.5) is 4.79 Å². The molecule has 1 aromatic heterocycles. The topological polar surface area (TPSA) is 80.5 Å². The summed E-state index contributed by atoms with van der Waals surface area (Å²) in [5, 5.41) is 11.4. The first-order valence-electron chi connectivity index (χ1n) is 9.40. The lowest BCUT2D eigenvalue weighted by Gasteiger charge is -2.32. The van der Waals surface area contributed by atoms with Crippen molar-refractivity contribution in [3.63, 3.8) is 0 Å². The number of aromatic nitrogens is 2. The molecule has 1 aliphatic rings. The van der Waals surface area contributed by atoms with Crippen LogP contribution in [0.5, 0.6) is 0 Å². The van der Waals surface area contributed by atoms with E-state index < -0.39 is 5.60 Å². The van der Waals surface area contributed by atoms with E-state index >= 15 is 0 Å². The summed E-state index contributed by atoms with van der Waals surface area (Å²) in [4.78, 5) is 14.6. The van der Waals surface area contributed by atoms with E-state index in [9.17, 15) is 4.79 Å². The van der Waals surface area contributed by atoms with Gasteiger partial charge in [0, 0.05) is 37.2 Å². The first-order valence-corrected chi connectivity index (χ1v) is 9.81. The van der Waals surface area contributed by atoms with Crippen molar-refractivity contribution in [3.8, 4) is 11.5 Å². The lowest BCUT2D eigenvalue weighted by atomic mass is 9.97. The molecule has 3 rings (SSSR count). The summed E-state index contributed by atoms with van der Waals surface area (Å²) in [6, 6.07) is 7.69. The van der Waals surface area contributed by atoms with Gasteiger partial charge in [-0.25, -0.2) is 4.79 Å². The molecule has 0 spiro atoms. The van der Waals surface area contributed by atoms with Crippen LogP contribution >= 0.6 is 12.2 Å². The minimum Gasteiger partial charge on any atom is -0.444 e. The molecule has 0 saturated carbocycles. The second kappa shape index (κ2) is 8.26. The molecule has 150 valence electrons. The Labute approximate surface area is 170 Å². The smallest absolute Gasteiger partial charge is 0.410 e. The lowest BCUT2D eigenvalue weighted by molar-refractivity contribution is 0.0199. The molecule has 0 aliphatic carbocycles. The Bertz CT molecular complexity index is 834. The summed E-state index contributed by atoms with van der Waals surface area (Å²) in [7, 11) is 1.80. The van der Waals surface area contributed by atoms with E-state index in [-0.39, 0.29) is 12.0 Å². The van der Waals surface area contributed by atoms with Gasteiger partial charge in [0.15, 0.2) is 0 Å². The van der Waals surface area contributed by atoms with E-state index in [4.69, 9.17) is 21.4 Å². The maximum atomic E-state index is 12.2. The largest absolute Gasteiger partial charge is 0.444 e. The predicted octanol–water partition coefficient (Wildman–Crippen LogP) is 3.75. The normalized spacial score (nSPS) is 15.4. The van der Waals surface area contributed by atoms with Crippen molar-refractivity contribution in [1.29, 1.82) is 0 Å². The van der Waals surface area contributed by atoms with E-state index in [1.165, 1.54) is 0 Å². The van der Waals surface area contributed by atoms with Gasteiger partial charge in [0.05, 0.1) is 0 Å². The number of likely N-dealkylation sites (tertiary alicyclic amines) is 1. The summed E-state index contributed by atoms with van der Waals surface area (Å²) >= 11 is 5.23. The van der Waals surface area contributed by atoms with Gasteiger partial charge in [-0.3, -0.25) is 0 Å². The average Bonchev–Trinajstić information content (AvgIpc) is 3.16. The number of benzene rings is 1. The lowest BCUT2D eigenvalue weighted by Crippen LogP contribution is -2.41. The molecule has 8 heteroatoms. The van der Waals surface area contributed by atoms with Gasteiger partial charge in [-0.15, -0.1) is 10.2 Å². The molecule has 1 amide bonds. The number of amides is 1. The predicted molar refractivity (Wildman–Crippen MR) is 110 cm³/mol. The molecular formula is C20H26N4O3S. The number of piperidine rings is 1. The first-order chi connectivity index (χ1) is 13.3. The third-order valence-corrected chi connectivity index (χ3v) is 5.00. The van der Waals surface area contributed by atoms with Crippen LogP contribution in [-0.4, -0.2) is 51.9 Å². The zero-order valence-corrected chi connectivity index (χ0v) is 17.5. The SMILES string of the molecule is CNC(=S)c1ccc(-c2nnc(C3CCN(C(=O)OC(C)(C)C)CC3)o2)cc1. The number of nitrogens with one attached hydrogen (secondary N) is 1. The second-order valence-electron chi connectivity index (χ2n) is 7.84. The average molecular weight is 403 g/mol. The molecule has 1 saturated heterocycles. The summed E-state index contributed by atoms with van der Waals surface area (Å²) in [6.07, 6.45) is 1.28. The van der Waals surface area contributed by atoms with Gasteiger partial charge in [0.1, 0.15) is 10.6 Å². The first kappa shape index (κ1) is 20.3. The van der Waals surface area contributed by atoms with Crippen LogP contribution in [0.2, 0.25) is 0 Å². The van der Waals surface area contributed by atoms with Crippen LogP contribution < -0.4 is 5.32 Å². The molecule has 1 aliphatic heterocycles. The van der Waals surface area contributed by atoms with Crippen molar-refractivity contribution < 1.29 is 13.9 Å². The number of carbonyl (C=O) groups is 1. The quantitative estimate of drug-likeness (QED) is 0.783. The standard InChI is InChI=1S/C20H26N4O3S/c1-20(2,3)27-19(25)24-11-9-14(10-12-24)17-23-22-16(26-17)13-5-7-15(8-6-13)18(28)21-4/h5-8,14H,9-12H2,1-4H3,(H,21,28). The second-order valence-corrected chi connectivity index (χ2v) is 8.25. The molecule has 28 heavy (non-hydrogen) atoms.